The molecule has 0 unspecified atom stereocenters. The highest BCUT2D eigenvalue weighted by molar-refractivity contribution is 6.31. The molecular weight excluding hydrogens is 254 g/mol. The summed E-state index contributed by atoms with van der Waals surface area (Å²) < 4.78 is 5.14. The lowest BCUT2D eigenvalue weighted by molar-refractivity contribution is 0.0660. The lowest BCUT2D eigenvalue weighted by Gasteiger charge is -2.08. The summed E-state index contributed by atoms with van der Waals surface area (Å²) in [7, 11) is 0. The van der Waals surface area contributed by atoms with Gasteiger partial charge in [-0.3, -0.25) is 0 Å². The molecule has 0 amide bonds. The molecule has 2 aromatic rings. The SMILES string of the molecule is Cc1c(Cl)cccc1NCc1ccc(C(=O)O)o1. The van der Waals surface area contributed by atoms with E-state index in [0.717, 1.165) is 11.3 Å². The van der Waals surface area contributed by atoms with Crippen LogP contribution in [0.4, 0.5) is 5.69 Å². The van der Waals surface area contributed by atoms with E-state index in [-0.39, 0.29) is 5.76 Å². The second-order valence-electron chi connectivity index (χ2n) is 3.84. The molecule has 0 spiro atoms. The van der Waals surface area contributed by atoms with E-state index in [4.69, 9.17) is 21.1 Å². The predicted octanol–water partition coefficient (Wildman–Crippen LogP) is 3.55. The first-order chi connectivity index (χ1) is 8.58. The fourth-order valence-electron chi connectivity index (χ4n) is 1.57. The Morgan fingerprint density at radius 3 is 2.83 bits per heavy atom. The Morgan fingerprint density at radius 1 is 1.39 bits per heavy atom. The third kappa shape index (κ3) is 2.65. The lowest BCUT2D eigenvalue weighted by atomic mass is 10.2. The number of benzene rings is 1. The first kappa shape index (κ1) is 12.5. The predicted molar refractivity (Wildman–Crippen MR) is 69.2 cm³/mol. The molecule has 0 saturated carbocycles. The summed E-state index contributed by atoms with van der Waals surface area (Å²) in [5.41, 5.74) is 1.85. The van der Waals surface area contributed by atoms with Crippen molar-refractivity contribution in [3.8, 4) is 0 Å². The van der Waals surface area contributed by atoms with Gasteiger partial charge in [-0.25, -0.2) is 4.79 Å². The van der Waals surface area contributed by atoms with Gasteiger partial charge in [0.05, 0.1) is 6.54 Å². The van der Waals surface area contributed by atoms with Crippen LogP contribution in [0.2, 0.25) is 5.02 Å². The minimum atomic E-state index is -1.07. The van der Waals surface area contributed by atoms with E-state index in [9.17, 15) is 4.79 Å². The van der Waals surface area contributed by atoms with Crippen LogP contribution >= 0.6 is 11.6 Å². The Kier molecular flexibility index (Phi) is 3.58. The number of carboxylic acids is 1. The van der Waals surface area contributed by atoms with Crippen molar-refractivity contribution in [3.63, 3.8) is 0 Å². The summed E-state index contributed by atoms with van der Waals surface area (Å²) in [6, 6.07) is 8.64. The smallest absolute Gasteiger partial charge is 0.371 e. The normalized spacial score (nSPS) is 10.3. The van der Waals surface area contributed by atoms with Crippen molar-refractivity contribution < 1.29 is 14.3 Å². The van der Waals surface area contributed by atoms with Gasteiger partial charge in [0.15, 0.2) is 0 Å². The van der Waals surface area contributed by atoms with Crippen LogP contribution in [0.25, 0.3) is 0 Å². The zero-order valence-corrected chi connectivity index (χ0v) is 10.5. The number of carbonyl (C=O) groups is 1. The third-order valence-electron chi connectivity index (χ3n) is 2.59. The van der Waals surface area contributed by atoms with Gasteiger partial charge in [-0.1, -0.05) is 17.7 Å². The van der Waals surface area contributed by atoms with Crippen molar-refractivity contribution in [2.75, 3.05) is 5.32 Å². The van der Waals surface area contributed by atoms with Crippen LogP contribution in [0.15, 0.2) is 34.7 Å². The van der Waals surface area contributed by atoms with Crippen molar-refractivity contribution in [1.29, 1.82) is 0 Å². The molecule has 1 heterocycles. The number of carboxylic acid groups (broad SMARTS) is 1. The van der Waals surface area contributed by atoms with Gasteiger partial charge in [0.1, 0.15) is 5.76 Å². The molecule has 94 valence electrons. The lowest BCUT2D eigenvalue weighted by Crippen LogP contribution is -2.00. The van der Waals surface area contributed by atoms with Crippen molar-refractivity contribution in [1.82, 2.24) is 0 Å². The summed E-state index contributed by atoms with van der Waals surface area (Å²) in [5.74, 6) is -0.568. The third-order valence-corrected chi connectivity index (χ3v) is 3.00. The second kappa shape index (κ2) is 5.14. The van der Waals surface area contributed by atoms with Crippen LogP contribution in [0.3, 0.4) is 0 Å². The van der Waals surface area contributed by atoms with Crippen LogP contribution in [0.1, 0.15) is 21.9 Å². The van der Waals surface area contributed by atoms with E-state index in [1.807, 2.05) is 25.1 Å². The number of nitrogens with one attached hydrogen (secondary N) is 1. The first-order valence-corrected chi connectivity index (χ1v) is 5.76. The molecular formula is C13H12ClNO3. The molecule has 0 radical (unpaired) electrons. The summed E-state index contributed by atoms with van der Waals surface area (Å²) in [6.45, 7) is 2.32. The second-order valence-corrected chi connectivity index (χ2v) is 4.24. The highest BCUT2D eigenvalue weighted by atomic mass is 35.5. The highest BCUT2D eigenvalue weighted by Crippen LogP contribution is 2.23. The molecule has 1 aromatic carbocycles. The van der Waals surface area contributed by atoms with Crippen LogP contribution in [-0.2, 0) is 6.54 Å². The molecule has 0 fully saturated rings. The Labute approximate surface area is 109 Å². The van der Waals surface area contributed by atoms with Gasteiger partial charge in [-0.15, -0.1) is 0 Å². The molecule has 4 nitrogen and oxygen atoms in total. The standard InChI is InChI=1S/C13H12ClNO3/c1-8-10(14)3-2-4-11(8)15-7-9-5-6-12(18-9)13(16)17/h2-6,15H,7H2,1H3,(H,16,17). The molecule has 18 heavy (non-hydrogen) atoms. The number of halogens is 1. The van der Waals surface area contributed by atoms with Crippen LogP contribution < -0.4 is 5.32 Å². The quantitative estimate of drug-likeness (QED) is 0.887. The van der Waals surface area contributed by atoms with E-state index >= 15 is 0 Å². The molecule has 0 aliphatic heterocycles. The van der Waals surface area contributed by atoms with Crippen molar-refractivity contribution in [3.05, 3.63) is 52.4 Å². The van der Waals surface area contributed by atoms with Crippen molar-refractivity contribution in [2.24, 2.45) is 0 Å². The Bertz CT molecular complexity index is 577. The monoisotopic (exact) mass is 265 g/mol. The molecule has 1 aromatic heterocycles. The average Bonchev–Trinajstić information content (AvgIpc) is 2.80. The van der Waals surface area contributed by atoms with Crippen LogP contribution in [0, 0.1) is 6.92 Å². The zero-order chi connectivity index (χ0) is 13.1. The highest BCUT2D eigenvalue weighted by Gasteiger charge is 2.09. The molecule has 0 aliphatic rings. The van der Waals surface area contributed by atoms with Gasteiger partial charge in [0, 0.05) is 10.7 Å². The Balaban J connectivity index is 2.07. The van der Waals surface area contributed by atoms with Gasteiger partial charge in [-0.2, -0.15) is 0 Å². The number of hydrogen-bond donors (Lipinski definition) is 2. The van der Waals surface area contributed by atoms with Gasteiger partial charge in [-0.05, 0) is 36.8 Å². The summed E-state index contributed by atoms with van der Waals surface area (Å²) >= 11 is 6.00. The first-order valence-electron chi connectivity index (χ1n) is 5.39. The molecule has 0 atom stereocenters. The number of furan rings is 1. The fourth-order valence-corrected chi connectivity index (χ4v) is 1.74. The largest absolute Gasteiger partial charge is 0.475 e. The topological polar surface area (TPSA) is 62.5 Å². The molecule has 0 saturated heterocycles. The molecule has 2 rings (SSSR count). The molecule has 0 bridgehead atoms. The van der Waals surface area contributed by atoms with Crippen LogP contribution in [0.5, 0.6) is 0 Å². The maximum atomic E-state index is 10.7. The molecule has 2 N–H and O–H groups in total. The number of rotatable bonds is 4. The van der Waals surface area contributed by atoms with Gasteiger partial charge in [0.25, 0.3) is 0 Å². The number of hydrogen-bond acceptors (Lipinski definition) is 3. The fraction of sp³-hybridized carbons (Fsp3) is 0.154. The zero-order valence-electron chi connectivity index (χ0n) is 9.74. The molecule has 5 heteroatoms. The Hall–Kier alpha value is -1.94. The van der Waals surface area contributed by atoms with E-state index in [1.54, 1.807) is 6.07 Å². The van der Waals surface area contributed by atoms with E-state index in [2.05, 4.69) is 5.32 Å². The van der Waals surface area contributed by atoms with E-state index < -0.39 is 5.97 Å². The molecule has 0 aliphatic carbocycles. The van der Waals surface area contributed by atoms with Gasteiger partial charge in [0.2, 0.25) is 5.76 Å². The van der Waals surface area contributed by atoms with E-state index in [1.165, 1.54) is 6.07 Å². The van der Waals surface area contributed by atoms with Gasteiger partial charge < -0.3 is 14.8 Å². The number of anilines is 1. The van der Waals surface area contributed by atoms with Crippen molar-refractivity contribution in [2.45, 2.75) is 13.5 Å². The minimum Gasteiger partial charge on any atom is -0.475 e. The maximum Gasteiger partial charge on any atom is 0.371 e. The summed E-state index contributed by atoms with van der Waals surface area (Å²) in [4.78, 5) is 10.7. The summed E-state index contributed by atoms with van der Waals surface area (Å²) in [6.07, 6.45) is 0. The average molecular weight is 266 g/mol. The summed E-state index contributed by atoms with van der Waals surface area (Å²) in [5, 5.41) is 12.6. The van der Waals surface area contributed by atoms with E-state index in [0.29, 0.717) is 17.3 Å². The number of aromatic carboxylic acids is 1. The van der Waals surface area contributed by atoms with Crippen LogP contribution in [-0.4, -0.2) is 11.1 Å². The minimum absolute atomic E-state index is 0.0605. The maximum absolute atomic E-state index is 10.7. The van der Waals surface area contributed by atoms with Crippen molar-refractivity contribution >= 4 is 23.3 Å². The Morgan fingerprint density at radius 2 is 2.17 bits per heavy atom. The van der Waals surface area contributed by atoms with Gasteiger partial charge >= 0.3 is 5.97 Å².